The van der Waals surface area contributed by atoms with Crippen molar-refractivity contribution in [2.45, 2.75) is 20.4 Å². The van der Waals surface area contributed by atoms with Gasteiger partial charge in [0.15, 0.2) is 11.5 Å². The molecule has 6 heteroatoms. The second-order valence-electron chi connectivity index (χ2n) is 4.61. The lowest BCUT2D eigenvalue weighted by atomic mass is 10.1. The highest BCUT2D eigenvalue weighted by molar-refractivity contribution is 5.77. The first-order chi connectivity index (χ1) is 10.0. The zero-order chi connectivity index (χ0) is 15.8. The number of phenolic OH excluding ortho intramolecular Hbond substituents is 1. The fourth-order valence-corrected chi connectivity index (χ4v) is 2.03. The van der Waals surface area contributed by atoms with E-state index in [4.69, 9.17) is 9.47 Å². The van der Waals surface area contributed by atoms with Gasteiger partial charge in [0.2, 0.25) is 11.7 Å². The van der Waals surface area contributed by atoms with E-state index in [-0.39, 0.29) is 11.7 Å². The van der Waals surface area contributed by atoms with Crippen molar-refractivity contribution in [3.63, 3.8) is 0 Å². The topological polar surface area (TPSA) is 71.0 Å². The van der Waals surface area contributed by atoms with Gasteiger partial charge in [-0.05, 0) is 31.2 Å². The Labute approximate surface area is 125 Å². The fraction of sp³-hybridized carbons (Fsp3) is 0.533. The average molecular weight is 296 g/mol. The van der Waals surface area contributed by atoms with Crippen LogP contribution in [0.5, 0.6) is 17.2 Å². The Balaban J connectivity index is 2.86. The maximum atomic E-state index is 11.7. The molecule has 118 valence electrons. The lowest BCUT2D eigenvalue weighted by Gasteiger charge is -2.20. The SMILES string of the molecule is CCNC(=O)CN(CC)Cc1cc(OC)c(O)c(OC)c1. The Bertz CT molecular complexity index is 452. The summed E-state index contributed by atoms with van der Waals surface area (Å²) in [7, 11) is 2.98. The Kier molecular flexibility index (Phi) is 6.81. The number of hydrogen-bond donors (Lipinski definition) is 2. The Morgan fingerprint density at radius 3 is 2.24 bits per heavy atom. The zero-order valence-electron chi connectivity index (χ0n) is 13.1. The van der Waals surface area contributed by atoms with E-state index in [2.05, 4.69) is 5.32 Å². The van der Waals surface area contributed by atoms with Crippen LogP contribution in [-0.4, -0.2) is 49.8 Å². The molecule has 0 aliphatic rings. The molecule has 21 heavy (non-hydrogen) atoms. The highest BCUT2D eigenvalue weighted by Crippen LogP contribution is 2.37. The van der Waals surface area contributed by atoms with Gasteiger partial charge in [0, 0.05) is 13.1 Å². The van der Waals surface area contributed by atoms with Gasteiger partial charge in [-0.1, -0.05) is 6.92 Å². The van der Waals surface area contributed by atoms with Crippen LogP contribution < -0.4 is 14.8 Å². The summed E-state index contributed by atoms with van der Waals surface area (Å²) in [5, 5.41) is 12.7. The number of likely N-dealkylation sites (N-methyl/N-ethyl adjacent to an activating group) is 2. The van der Waals surface area contributed by atoms with Crippen LogP contribution in [0.4, 0.5) is 0 Å². The predicted octanol–water partition coefficient (Wildman–Crippen LogP) is 1.37. The molecule has 1 aromatic rings. The van der Waals surface area contributed by atoms with Crippen molar-refractivity contribution >= 4 is 5.91 Å². The number of phenols is 1. The number of nitrogens with zero attached hydrogens (tertiary/aromatic N) is 1. The first kappa shape index (κ1) is 17.1. The highest BCUT2D eigenvalue weighted by atomic mass is 16.5. The Morgan fingerprint density at radius 1 is 1.24 bits per heavy atom. The summed E-state index contributed by atoms with van der Waals surface area (Å²) >= 11 is 0. The fourth-order valence-electron chi connectivity index (χ4n) is 2.03. The predicted molar refractivity (Wildman–Crippen MR) is 80.8 cm³/mol. The number of nitrogens with one attached hydrogen (secondary N) is 1. The first-order valence-electron chi connectivity index (χ1n) is 6.98. The number of methoxy groups -OCH3 is 2. The van der Waals surface area contributed by atoms with Gasteiger partial charge in [-0.15, -0.1) is 0 Å². The molecular formula is C15H24N2O4. The summed E-state index contributed by atoms with van der Waals surface area (Å²) in [6.07, 6.45) is 0. The summed E-state index contributed by atoms with van der Waals surface area (Å²) in [5.41, 5.74) is 0.910. The molecule has 0 unspecified atom stereocenters. The molecule has 6 nitrogen and oxygen atoms in total. The van der Waals surface area contributed by atoms with E-state index in [0.29, 0.717) is 31.1 Å². The highest BCUT2D eigenvalue weighted by Gasteiger charge is 2.14. The molecule has 1 aromatic carbocycles. The summed E-state index contributed by atoms with van der Waals surface area (Å²) in [4.78, 5) is 13.7. The van der Waals surface area contributed by atoms with Crippen molar-refractivity contribution in [3.8, 4) is 17.2 Å². The van der Waals surface area contributed by atoms with Crippen LogP contribution in [-0.2, 0) is 11.3 Å². The molecule has 0 radical (unpaired) electrons. The van der Waals surface area contributed by atoms with Crippen LogP contribution in [0.2, 0.25) is 0 Å². The standard InChI is InChI=1S/C15H24N2O4/c1-5-16-14(18)10-17(6-2)9-11-7-12(20-3)15(19)13(8-11)21-4/h7-8,19H,5-6,9-10H2,1-4H3,(H,16,18). The maximum Gasteiger partial charge on any atom is 0.234 e. The Morgan fingerprint density at radius 2 is 1.81 bits per heavy atom. The molecule has 1 amide bonds. The van der Waals surface area contributed by atoms with Crippen LogP contribution in [0, 0.1) is 0 Å². The normalized spacial score (nSPS) is 10.5. The number of aromatic hydroxyl groups is 1. The quantitative estimate of drug-likeness (QED) is 0.758. The van der Waals surface area contributed by atoms with E-state index in [0.717, 1.165) is 12.1 Å². The van der Waals surface area contributed by atoms with Crippen LogP contribution in [0.25, 0.3) is 0 Å². The molecule has 0 aliphatic heterocycles. The van der Waals surface area contributed by atoms with Crippen LogP contribution in [0.1, 0.15) is 19.4 Å². The van der Waals surface area contributed by atoms with Crippen molar-refractivity contribution in [2.24, 2.45) is 0 Å². The lowest BCUT2D eigenvalue weighted by molar-refractivity contribution is -0.122. The van der Waals surface area contributed by atoms with Crippen molar-refractivity contribution in [2.75, 3.05) is 33.9 Å². The van der Waals surface area contributed by atoms with Crippen molar-refractivity contribution < 1.29 is 19.4 Å². The molecule has 0 fully saturated rings. The number of carbonyl (C=O) groups excluding carboxylic acids is 1. The molecule has 0 aliphatic carbocycles. The van der Waals surface area contributed by atoms with Crippen LogP contribution >= 0.6 is 0 Å². The number of benzene rings is 1. The molecule has 2 N–H and O–H groups in total. The molecule has 0 atom stereocenters. The molecule has 0 heterocycles. The van der Waals surface area contributed by atoms with Gasteiger partial charge < -0.3 is 19.9 Å². The van der Waals surface area contributed by atoms with Gasteiger partial charge in [-0.25, -0.2) is 0 Å². The minimum absolute atomic E-state index is 0.00272. The van der Waals surface area contributed by atoms with E-state index in [9.17, 15) is 9.90 Å². The number of rotatable bonds is 8. The molecule has 1 rings (SSSR count). The van der Waals surface area contributed by atoms with Gasteiger partial charge in [-0.2, -0.15) is 0 Å². The molecule has 0 bridgehead atoms. The summed E-state index contributed by atoms with van der Waals surface area (Å²) in [6, 6.07) is 3.50. The van der Waals surface area contributed by atoms with Gasteiger partial charge in [0.05, 0.1) is 20.8 Å². The van der Waals surface area contributed by atoms with Crippen molar-refractivity contribution in [1.82, 2.24) is 10.2 Å². The minimum Gasteiger partial charge on any atom is -0.502 e. The van der Waals surface area contributed by atoms with E-state index in [1.807, 2.05) is 18.7 Å². The monoisotopic (exact) mass is 296 g/mol. The van der Waals surface area contributed by atoms with Gasteiger partial charge in [0.1, 0.15) is 0 Å². The lowest BCUT2D eigenvalue weighted by Crippen LogP contribution is -2.36. The molecule has 0 spiro atoms. The van der Waals surface area contributed by atoms with Crippen molar-refractivity contribution in [3.05, 3.63) is 17.7 Å². The van der Waals surface area contributed by atoms with Crippen molar-refractivity contribution in [1.29, 1.82) is 0 Å². The Hall–Kier alpha value is -1.95. The van der Waals surface area contributed by atoms with E-state index < -0.39 is 0 Å². The molecule has 0 saturated heterocycles. The smallest absolute Gasteiger partial charge is 0.234 e. The van der Waals surface area contributed by atoms with E-state index in [1.165, 1.54) is 14.2 Å². The summed E-state index contributed by atoms with van der Waals surface area (Å²) in [5.74, 6) is 0.699. The average Bonchev–Trinajstić information content (AvgIpc) is 2.48. The minimum atomic E-state index is -0.0180. The molecule has 0 aromatic heterocycles. The first-order valence-corrected chi connectivity index (χ1v) is 6.98. The van der Waals surface area contributed by atoms with E-state index >= 15 is 0 Å². The zero-order valence-corrected chi connectivity index (χ0v) is 13.1. The third kappa shape index (κ3) is 4.82. The number of ether oxygens (including phenoxy) is 2. The second-order valence-corrected chi connectivity index (χ2v) is 4.61. The van der Waals surface area contributed by atoms with Gasteiger partial charge in [-0.3, -0.25) is 9.69 Å². The third-order valence-corrected chi connectivity index (χ3v) is 3.13. The number of hydrogen-bond acceptors (Lipinski definition) is 5. The van der Waals surface area contributed by atoms with Gasteiger partial charge >= 0.3 is 0 Å². The molecular weight excluding hydrogens is 272 g/mol. The van der Waals surface area contributed by atoms with Crippen LogP contribution in [0.15, 0.2) is 12.1 Å². The van der Waals surface area contributed by atoms with E-state index in [1.54, 1.807) is 12.1 Å². The molecule has 0 saturated carbocycles. The largest absolute Gasteiger partial charge is 0.502 e. The van der Waals surface area contributed by atoms with Crippen LogP contribution in [0.3, 0.4) is 0 Å². The summed E-state index contributed by atoms with van der Waals surface area (Å²) < 4.78 is 10.3. The summed E-state index contributed by atoms with van der Waals surface area (Å²) in [6.45, 7) is 6.15. The van der Waals surface area contributed by atoms with Gasteiger partial charge in [0.25, 0.3) is 0 Å². The number of carbonyl (C=O) groups is 1. The second kappa shape index (κ2) is 8.36. The maximum absolute atomic E-state index is 11.7. The third-order valence-electron chi connectivity index (χ3n) is 3.13. The number of amides is 1.